The second-order valence-corrected chi connectivity index (χ2v) is 3.19. The van der Waals surface area contributed by atoms with Gasteiger partial charge in [-0.2, -0.15) is 5.10 Å². The minimum Gasteiger partial charge on any atom is -0.327 e. The average Bonchev–Trinajstić information content (AvgIpc) is 2.39. The molecule has 0 radical (unpaired) electrons. The molecule has 1 heterocycles. The summed E-state index contributed by atoms with van der Waals surface area (Å²) in [6.07, 6.45) is 2.64. The highest BCUT2D eigenvalue weighted by Crippen LogP contribution is 2.04. The Labute approximate surface area is 67.0 Å². The van der Waals surface area contributed by atoms with Crippen molar-refractivity contribution < 1.29 is 0 Å². The van der Waals surface area contributed by atoms with Crippen LogP contribution in [-0.4, -0.2) is 16.2 Å². The SMILES string of the molecule is CC(C)C(N)Cc1ccn[nH]1. The Kier molecular flexibility index (Phi) is 2.65. The van der Waals surface area contributed by atoms with E-state index in [2.05, 4.69) is 24.0 Å². The second-order valence-electron chi connectivity index (χ2n) is 3.19. The highest BCUT2D eigenvalue weighted by molar-refractivity contribution is 4.99. The minimum absolute atomic E-state index is 0.232. The van der Waals surface area contributed by atoms with E-state index in [0.29, 0.717) is 5.92 Å². The van der Waals surface area contributed by atoms with Crippen LogP contribution in [-0.2, 0) is 6.42 Å². The van der Waals surface area contributed by atoms with Gasteiger partial charge in [0.2, 0.25) is 0 Å². The summed E-state index contributed by atoms with van der Waals surface area (Å²) in [5.41, 5.74) is 6.98. The third-order valence-electron chi connectivity index (χ3n) is 1.87. The van der Waals surface area contributed by atoms with Gasteiger partial charge in [-0.15, -0.1) is 0 Å². The summed E-state index contributed by atoms with van der Waals surface area (Å²) >= 11 is 0. The number of nitrogens with zero attached hydrogens (tertiary/aromatic N) is 1. The largest absolute Gasteiger partial charge is 0.327 e. The molecule has 1 rings (SSSR count). The van der Waals surface area contributed by atoms with Crippen molar-refractivity contribution in [1.82, 2.24) is 10.2 Å². The van der Waals surface area contributed by atoms with Crippen molar-refractivity contribution >= 4 is 0 Å². The highest BCUT2D eigenvalue weighted by Gasteiger charge is 2.08. The van der Waals surface area contributed by atoms with Gasteiger partial charge in [0.1, 0.15) is 0 Å². The molecule has 0 saturated carbocycles. The van der Waals surface area contributed by atoms with E-state index < -0.39 is 0 Å². The molecule has 3 nitrogen and oxygen atoms in total. The zero-order valence-corrected chi connectivity index (χ0v) is 7.04. The van der Waals surface area contributed by atoms with Gasteiger partial charge in [0.25, 0.3) is 0 Å². The van der Waals surface area contributed by atoms with E-state index in [4.69, 9.17) is 5.73 Å². The van der Waals surface area contributed by atoms with Gasteiger partial charge in [0, 0.05) is 24.4 Å². The zero-order valence-electron chi connectivity index (χ0n) is 7.04. The first-order chi connectivity index (χ1) is 5.20. The van der Waals surface area contributed by atoms with Gasteiger partial charge in [-0.1, -0.05) is 13.8 Å². The molecule has 1 atom stereocenters. The first-order valence-corrected chi connectivity index (χ1v) is 3.94. The van der Waals surface area contributed by atoms with Crippen LogP contribution in [0.4, 0.5) is 0 Å². The van der Waals surface area contributed by atoms with E-state index in [1.165, 1.54) is 0 Å². The fourth-order valence-corrected chi connectivity index (χ4v) is 0.888. The number of nitrogens with two attached hydrogens (primary N) is 1. The van der Waals surface area contributed by atoms with Crippen molar-refractivity contribution in [2.45, 2.75) is 26.3 Å². The van der Waals surface area contributed by atoms with E-state index >= 15 is 0 Å². The monoisotopic (exact) mass is 153 g/mol. The van der Waals surface area contributed by atoms with Gasteiger partial charge in [-0.3, -0.25) is 5.10 Å². The summed E-state index contributed by atoms with van der Waals surface area (Å²) in [5.74, 6) is 0.526. The fourth-order valence-electron chi connectivity index (χ4n) is 0.888. The number of hydrogen-bond acceptors (Lipinski definition) is 2. The van der Waals surface area contributed by atoms with Crippen molar-refractivity contribution in [1.29, 1.82) is 0 Å². The minimum atomic E-state index is 0.232. The molecule has 0 bridgehead atoms. The Bertz CT molecular complexity index is 191. The van der Waals surface area contributed by atoms with E-state index in [0.717, 1.165) is 12.1 Å². The first kappa shape index (κ1) is 8.27. The van der Waals surface area contributed by atoms with E-state index in [1.807, 2.05) is 6.07 Å². The topological polar surface area (TPSA) is 54.7 Å². The van der Waals surface area contributed by atoms with Gasteiger partial charge in [-0.25, -0.2) is 0 Å². The summed E-state index contributed by atoms with van der Waals surface area (Å²) in [6.45, 7) is 4.25. The first-order valence-electron chi connectivity index (χ1n) is 3.94. The average molecular weight is 153 g/mol. The van der Waals surface area contributed by atoms with Crippen LogP contribution in [0, 0.1) is 5.92 Å². The van der Waals surface area contributed by atoms with Crippen molar-refractivity contribution in [3.05, 3.63) is 18.0 Å². The fraction of sp³-hybridized carbons (Fsp3) is 0.625. The molecular weight excluding hydrogens is 138 g/mol. The van der Waals surface area contributed by atoms with Crippen molar-refractivity contribution in [2.75, 3.05) is 0 Å². The molecule has 0 spiro atoms. The Morgan fingerprint density at radius 3 is 2.82 bits per heavy atom. The highest BCUT2D eigenvalue weighted by atomic mass is 15.1. The smallest absolute Gasteiger partial charge is 0.0490 e. The number of aromatic amines is 1. The summed E-state index contributed by atoms with van der Waals surface area (Å²) in [4.78, 5) is 0. The molecule has 1 aromatic rings. The lowest BCUT2D eigenvalue weighted by Gasteiger charge is -2.13. The van der Waals surface area contributed by atoms with Crippen LogP contribution in [0.2, 0.25) is 0 Å². The number of aromatic nitrogens is 2. The lowest BCUT2D eigenvalue weighted by molar-refractivity contribution is 0.486. The van der Waals surface area contributed by atoms with Crippen molar-refractivity contribution in [3.63, 3.8) is 0 Å². The van der Waals surface area contributed by atoms with Crippen molar-refractivity contribution in [3.8, 4) is 0 Å². The van der Waals surface area contributed by atoms with E-state index in [1.54, 1.807) is 6.20 Å². The van der Waals surface area contributed by atoms with Gasteiger partial charge < -0.3 is 5.73 Å². The Morgan fingerprint density at radius 2 is 2.36 bits per heavy atom. The third-order valence-corrected chi connectivity index (χ3v) is 1.87. The molecule has 0 aromatic carbocycles. The summed E-state index contributed by atoms with van der Waals surface area (Å²) in [6, 6.07) is 2.19. The van der Waals surface area contributed by atoms with Gasteiger partial charge in [0.05, 0.1) is 0 Å². The summed E-state index contributed by atoms with van der Waals surface area (Å²) < 4.78 is 0. The molecule has 0 aliphatic heterocycles. The normalized spacial score (nSPS) is 13.8. The Balaban J connectivity index is 2.43. The van der Waals surface area contributed by atoms with Crippen LogP contribution in [0.25, 0.3) is 0 Å². The molecule has 0 aliphatic carbocycles. The van der Waals surface area contributed by atoms with Crippen LogP contribution in [0.15, 0.2) is 12.3 Å². The third kappa shape index (κ3) is 2.35. The molecule has 0 aliphatic rings. The molecule has 11 heavy (non-hydrogen) atoms. The molecule has 62 valence electrons. The van der Waals surface area contributed by atoms with Crippen molar-refractivity contribution in [2.24, 2.45) is 11.7 Å². The van der Waals surface area contributed by atoms with Crippen LogP contribution in [0.5, 0.6) is 0 Å². The predicted octanol–water partition coefficient (Wildman–Crippen LogP) is 0.935. The number of H-pyrrole nitrogens is 1. The maximum absolute atomic E-state index is 5.86. The van der Waals surface area contributed by atoms with Crippen LogP contribution in [0.1, 0.15) is 19.5 Å². The lowest BCUT2D eigenvalue weighted by atomic mass is 10.0. The molecule has 1 aromatic heterocycles. The lowest BCUT2D eigenvalue weighted by Crippen LogP contribution is -2.28. The predicted molar refractivity (Wildman–Crippen MR) is 45.1 cm³/mol. The summed E-state index contributed by atoms with van der Waals surface area (Å²) in [7, 11) is 0. The summed E-state index contributed by atoms with van der Waals surface area (Å²) in [5, 5.41) is 6.75. The Hall–Kier alpha value is -0.830. The maximum atomic E-state index is 5.86. The van der Waals surface area contributed by atoms with Crippen LogP contribution in [0.3, 0.4) is 0 Å². The second kappa shape index (κ2) is 3.53. The standard InChI is InChI=1S/C8H15N3/c1-6(2)8(9)5-7-3-4-10-11-7/h3-4,6,8H,5,9H2,1-2H3,(H,10,11). The molecule has 3 N–H and O–H groups in total. The number of hydrogen-bond donors (Lipinski definition) is 2. The molecule has 1 unspecified atom stereocenters. The Morgan fingerprint density at radius 1 is 1.64 bits per heavy atom. The molecular formula is C8H15N3. The van der Waals surface area contributed by atoms with Gasteiger partial charge >= 0.3 is 0 Å². The maximum Gasteiger partial charge on any atom is 0.0490 e. The molecule has 0 amide bonds. The van der Waals surface area contributed by atoms with Gasteiger partial charge in [0.15, 0.2) is 0 Å². The molecule has 0 fully saturated rings. The number of nitrogens with one attached hydrogen (secondary N) is 1. The van der Waals surface area contributed by atoms with Crippen LogP contribution < -0.4 is 5.73 Å². The molecule has 3 heteroatoms. The van der Waals surface area contributed by atoms with E-state index in [9.17, 15) is 0 Å². The van der Waals surface area contributed by atoms with E-state index in [-0.39, 0.29) is 6.04 Å². The quantitative estimate of drug-likeness (QED) is 0.679. The van der Waals surface area contributed by atoms with Crippen LogP contribution >= 0.6 is 0 Å². The molecule has 0 saturated heterocycles. The van der Waals surface area contributed by atoms with Gasteiger partial charge in [-0.05, 0) is 12.0 Å². The zero-order chi connectivity index (χ0) is 8.27. The number of rotatable bonds is 3.